The largest absolute Gasteiger partial charge is 0.458 e. The minimum atomic E-state index is -0.564. The molecule has 0 spiro atoms. The van der Waals surface area contributed by atoms with Gasteiger partial charge in [-0.05, 0) is 46.5 Å². The first kappa shape index (κ1) is 13.0. The van der Waals surface area contributed by atoms with Gasteiger partial charge in [-0.1, -0.05) is 0 Å². The van der Waals surface area contributed by atoms with E-state index in [9.17, 15) is 9.59 Å². The molecule has 16 heavy (non-hydrogen) atoms. The van der Waals surface area contributed by atoms with Gasteiger partial charge in [-0.15, -0.1) is 0 Å². The van der Waals surface area contributed by atoms with Crippen molar-refractivity contribution < 1.29 is 14.3 Å². The van der Waals surface area contributed by atoms with Crippen LogP contribution in [-0.2, 0) is 14.3 Å². The van der Waals surface area contributed by atoms with Crippen LogP contribution in [0.15, 0.2) is 0 Å². The van der Waals surface area contributed by atoms with Crippen LogP contribution >= 0.6 is 0 Å². The third-order valence-electron chi connectivity index (χ3n) is 2.31. The number of hydrogen-bond acceptors (Lipinski definition) is 3. The van der Waals surface area contributed by atoms with Gasteiger partial charge in [0.1, 0.15) is 11.6 Å². The number of hydrogen-bond donors (Lipinski definition) is 1. The van der Waals surface area contributed by atoms with Gasteiger partial charge in [0.05, 0.1) is 0 Å². The molecule has 1 fully saturated rings. The van der Waals surface area contributed by atoms with Crippen molar-refractivity contribution in [2.45, 2.75) is 58.6 Å². The van der Waals surface area contributed by atoms with Crippen molar-refractivity contribution in [3.05, 3.63) is 0 Å². The Labute approximate surface area is 96.7 Å². The number of carbonyl (C=O) groups is 2. The summed E-state index contributed by atoms with van der Waals surface area (Å²) in [6.45, 7) is 7.08. The fourth-order valence-corrected chi connectivity index (χ4v) is 1.33. The lowest BCUT2D eigenvalue weighted by Gasteiger charge is -2.22. The van der Waals surface area contributed by atoms with E-state index in [-0.39, 0.29) is 11.9 Å². The lowest BCUT2D eigenvalue weighted by Crippen LogP contribution is -2.42. The van der Waals surface area contributed by atoms with Gasteiger partial charge in [-0.2, -0.15) is 0 Å². The number of rotatable bonds is 4. The molecule has 0 bridgehead atoms. The molecule has 0 aromatic heterocycles. The first-order chi connectivity index (χ1) is 7.28. The summed E-state index contributed by atoms with van der Waals surface area (Å²) >= 11 is 0. The minimum Gasteiger partial charge on any atom is -0.458 e. The van der Waals surface area contributed by atoms with E-state index in [0.29, 0.717) is 12.3 Å². The second-order valence-electron chi connectivity index (χ2n) is 5.47. The number of carbonyl (C=O) groups excluding carboxylic acids is 2. The average Bonchev–Trinajstić information content (AvgIpc) is 2.84. The molecule has 92 valence electrons. The summed E-state index contributed by atoms with van der Waals surface area (Å²) in [5.74, 6) is 0.100. The molecule has 0 unspecified atom stereocenters. The maximum absolute atomic E-state index is 11.6. The van der Waals surface area contributed by atoms with Gasteiger partial charge in [0.2, 0.25) is 5.91 Å². The van der Waals surface area contributed by atoms with Gasteiger partial charge in [0, 0.05) is 6.42 Å². The lowest BCUT2D eigenvalue weighted by molar-refractivity contribution is -0.158. The SMILES string of the molecule is C[C@H](NC(=O)CC1CC1)C(=O)OC(C)(C)C. The predicted octanol–water partition coefficient (Wildman–Crippen LogP) is 1.63. The summed E-state index contributed by atoms with van der Waals surface area (Å²) < 4.78 is 5.17. The van der Waals surface area contributed by atoms with Gasteiger partial charge < -0.3 is 10.1 Å². The van der Waals surface area contributed by atoms with Crippen LogP contribution in [0.1, 0.15) is 47.0 Å². The highest BCUT2D eigenvalue weighted by atomic mass is 16.6. The summed E-state index contributed by atoms with van der Waals surface area (Å²) in [4.78, 5) is 23.0. The van der Waals surface area contributed by atoms with Crippen molar-refractivity contribution in [1.82, 2.24) is 5.32 Å². The summed E-state index contributed by atoms with van der Waals surface area (Å²) in [5.41, 5.74) is -0.507. The zero-order valence-corrected chi connectivity index (χ0v) is 10.5. The van der Waals surface area contributed by atoms with Crippen LogP contribution < -0.4 is 5.32 Å². The third-order valence-corrected chi connectivity index (χ3v) is 2.31. The Bertz CT molecular complexity index is 276. The molecule has 4 nitrogen and oxygen atoms in total. The van der Waals surface area contributed by atoms with Crippen LogP contribution in [0.4, 0.5) is 0 Å². The first-order valence-corrected chi connectivity index (χ1v) is 5.80. The fourth-order valence-electron chi connectivity index (χ4n) is 1.33. The van der Waals surface area contributed by atoms with Crippen molar-refractivity contribution in [3.8, 4) is 0 Å². The van der Waals surface area contributed by atoms with Crippen LogP contribution in [0, 0.1) is 5.92 Å². The van der Waals surface area contributed by atoms with Crippen molar-refractivity contribution in [2.75, 3.05) is 0 Å². The van der Waals surface area contributed by atoms with E-state index in [4.69, 9.17) is 4.74 Å². The third kappa shape index (κ3) is 5.14. The van der Waals surface area contributed by atoms with E-state index in [1.54, 1.807) is 6.92 Å². The Morgan fingerprint density at radius 2 is 1.94 bits per heavy atom. The standard InChI is InChI=1S/C12H21NO3/c1-8(11(15)16-12(2,3)4)13-10(14)7-9-5-6-9/h8-9H,5-7H2,1-4H3,(H,13,14)/t8-/m0/s1. The van der Waals surface area contributed by atoms with E-state index in [1.807, 2.05) is 20.8 Å². The molecule has 1 N–H and O–H groups in total. The van der Waals surface area contributed by atoms with Crippen molar-refractivity contribution in [1.29, 1.82) is 0 Å². The van der Waals surface area contributed by atoms with Crippen molar-refractivity contribution in [2.24, 2.45) is 5.92 Å². The zero-order valence-electron chi connectivity index (χ0n) is 10.5. The van der Waals surface area contributed by atoms with Crippen LogP contribution in [0.3, 0.4) is 0 Å². The minimum absolute atomic E-state index is 0.0548. The lowest BCUT2D eigenvalue weighted by atomic mass is 10.2. The molecule has 4 heteroatoms. The smallest absolute Gasteiger partial charge is 0.328 e. The van der Waals surface area contributed by atoms with E-state index < -0.39 is 11.6 Å². The quantitative estimate of drug-likeness (QED) is 0.743. The van der Waals surface area contributed by atoms with E-state index in [0.717, 1.165) is 12.8 Å². The maximum Gasteiger partial charge on any atom is 0.328 e. The van der Waals surface area contributed by atoms with Crippen molar-refractivity contribution >= 4 is 11.9 Å². The molecular formula is C12H21NO3. The molecule has 0 radical (unpaired) electrons. The molecule has 1 saturated carbocycles. The Morgan fingerprint density at radius 3 is 2.38 bits per heavy atom. The normalized spacial score (nSPS) is 17.8. The van der Waals surface area contributed by atoms with E-state index >= 15 is 0 Å². The molecule has 0 saturated heterocycles. The van der Waals surface area contributed by atoms with Crippen LogP contribution in [0.2, 0.25) is 0 Å². The Morgan fingerprint density at radius 1 is 1.38 bits per heavy atom. The monoisotopic (exact) mass is 227 g/mol. The van der Waals surface area contributed by atoms with Crippen LogP contribution in [0.25, 0.3) is 0 Å². The molecule has 0 heterocycles. The van der Waals surface area contributed by atoms with Crippen LogP contribution in [0.5, 0.6) is 0 Å². The summed E-state index contributed by atoms with van der Waals surface area (Å²) in [5, 5.41) is 2.66. The van der Waals surface area contributed by atoms with E-state index in [1.165, 1.54) is 0 Å². The van der Waals surface area contributed by atoms with Crippen molar-refractivity contribution in [3.63, 3.8) is 0 Å². The molecule has 0 aromatic carbocycles. The predicted molar refractivity (Wildman–Crippen MR) is 60.8 cm³/mol. The molecule has 1 amide bonds. The van der Waals surface area contributed by atoms with Gasteiger partial charge >= 0.3 is 5.97 Å². The topological polar surface area (TPSA) is 55.4 Å². The zero-order chi connectivity index (χ0) is 12.3. The van der Waals surface area contributed by atoms with Crippen LogP contribution in [-0.4, -0.2) is 23.5 Å². The average molecular weight is 227 g/mol. The number of ether oxygens (including phenoxy) is 1. The summed E-state index contributed by atoms with van der Waals surface area (Å²) in [6, 6.07) is -0.564. The van der Waals surface area contributed by atoms with Gasteiger partial charge in [-0.25, -0.2) is 4.79 Å². The Kier molecular flexibility index (Phi) is 3.94. The highest BCUT2D eigenvalue weighted by Gasteiger charge is 2.27. The molecule has 1 atom stereocenters. The molecule has 0 aliphatic heterocycles. The number of esters is 1. The number of nitrogens with one attached hydrogen (secondary N) is 1. The Balaban J connectivity index is 2.29. The molecule has 1 rings (SSSR count). The second-order valence-corrected chi connectivity index (χ2v) is 5.47. The molecular weight excluding hydrogens is 206 g/mol. The first-order valence-electron chi connectivity index (χ1n) is 5.80. The van der Waals surface area contributed by atoms with Gasteiger partial charge in [-0.3, -0.25) is 4.79 Å². The van der Waals surface area contributed by atoms with E-state index in [2.05, 4.69) is 5.32 Å². The van der Waals surface area contributed by atoms with Gasteiger partial charge in [0.25, 0.3) is 0 Å². The molecule has 1 aliphatic rings. The maximum atomic E-state index is 11.6. The highest BCUT2D eigenvalue weighted by Crippen LogP contribution is 2.32. The van der Waals surface area contributed by atoms with Gasteiger partial charge in [0.15, 0.2) is 0 Å². The Hall–Kier alpha value is -1.06. The second kappa shape index (κ2) is 4.85. The molecule has 1 aliphatic carbocycles. The molecule has 0 aromatic rings. The summed E-state index contributed by atoms with van der Waals surface area (Å²) in [7, 11) is 0. The number of amides is 1. The fraction of sp³-hybridized carbons (Fsp3) is 0.833. The summed E-state index contributed by atoms with van der Waals surface area (Å²) in [6.07, 6.45) is 2.80. The highest BCUT2D eigenvalue weighted by molar-refractivity contribution is 5.84.